The van der Waals surface area contributed by atoms with Gasteiger partial charge in [0.05, 0.1) is 0 Å². The van der Waals surface area contributed by atoms with Crippen LogP contribution in [-0.4, -0.2) is 30.8 Å². The highest BCUT2D eigenvalue weighted by Crippen LogP contribution is 2.28. The van der Waals surface area contributed by atoms with Crippen LogP contribution in [-0.2, 0) is 9.59 Å². The molecule has 20 heavy (non-hydrogen) atoms. The molecule has 1 aromatic carbocycles. The second-order valence-electron chi connectivity index (χ2n) is 4.87. The van der Waals surface area contributed by atoms with E-state index in [0.29, 0.717) is 11.4 Å². The molecule has 1 saturated heterocycles. The first-order chi connectivity index (χ1) is 9.63. The number of nitrogens with one attached hydrogen (secondary N) is 1. The Kier molecular flexibility index (Phi) is 4.79. The molecule has 0 radical (unpaired) electrons. The molecular weight excluding hydrogens is 276 g/mol. The monoisotopic (exact) mass is 292 g/mol. The number of likely N-dealkylation sites (tertiary alicyclic amines) is 1. The molecule has 0 atom stereocenters. The summed E-state index contributed by atoms with van der Waals surface area (Å²) < 4.78 is 0. The van der Waals surface area contributed by atoms with E-state index in [1.165, 1.54) is 5.57 Å². The Morgan fingerprint density at radius 3 is 2.55 bits per heavy atom. The van der Waals surface area contributed by atoms with Crippen LogP contribution < -0.4 is 5.32 Å². The molecule has 5 heteroatoms. The van der Waals surface area contributed by atoms with E-state index in [2.05, 4.69) is 11.4 Å². The lowest BCUT2D eigenvalue weighted by molar-refractivity contribution is -0.118. The molecule has 1 aliphatic heterocycles. The van der Waals surface area contributed by atoms with Crippen molar-refractivity contribution in [2.45, 2.75) is 19.8 Å². The van der Waals surface area contributed by atoms with Gasteiger partial charge >= 0.3 is 0 Å². The second kappa shape index (κ2) is 6.57. The third-order valence-corrected chi connectivity index (χ3v) is 3.79. The van der Waals surface area contributed by atoms with Crippen molar-refractivity contribution in [3.05, 3.63) is 33.9 Å². The predicted octanol–water partition coefficient (Wildman–Crippen LogP) is 2.85. The molecule has 106 valence electrons. The van der Waals surface area contributed by atoms with Gasteiger partial charge in [0.25, 0.3) is 0 Å². The number of halogens is 1. The lowest BCUT2D eigenvalue weighted by atomic mass is 9.98. The molecule has 1 aromatic rings. The maximum atomic E-state index is 10.7. The summed E-state index contributed by atoms with van der Waals surface area (Å²) in [6, 6.07) is 3.63. The van der Waals surface area contributed by atoms with Gasteiger partial charge in [-0.25, -0.2) is 0 Å². The summed E-state index contributed by atoms with van der Waals surface area (Å²) in [7, 11) is 0. The molecule has 1 N–H and O–H groups in total. The topological polar surface area (TPSA) is 49.4 Å². The number of nitrogens with zero attached hydrogens (tertiary/aromatic N) is 1. The molecule has 2 amide bonds. The standard InChI is InChI=1S/C15H17ClN2O2/c1-11-13(7-14(16)8-15(11)17-9-19)6-12-2-4-18(10-20)5-3-12/h6-10H,2-5H2,1H3,(H,17,19). The van der Waals surface area contributed by atoms with Gasteiger partial charge in [0.2, 0.25) is 12.8 Å². The SMILES string of the molecule is Cc1c(C=C2CCN(C=O)CC2)cc(Cl)cc1NC=O. The summed E-state index contributed by atoms with van der Waals surface area (Å²) >= 11 is 6.08. The molecule has 0 aliphatic carbocycles. The van der Waals surface area contributed by atoms with Gasteiger partial charge in [-0.15, -0.1) is 0 Å². The van der Waals surface area contributed by atoms with Crippen molar-refractivity contribution in [3.63, 3.8) is 0 Å². The van der Waals surface area contributed by atoms with Gasteiger partial charge in [0, 0.05) is 23.8 Å². The third kappa shape index (κ3) is 3.39. The van der Waals surface area contributed by atoms with Gasteiger partial charge in [0.1, 0.15) is 0 Å². The molecule has 0 saturated carbocycles. The summed E-state index contributed by atoms with van der Waals surface area (Å²) in [6.07, 6.45) is 5.41. The average molecular weight is 293 g/mol. The van der Waals surface area contributed by atoms with Gasteiger partial charge in [-0.1, -0.05) is 23.3 Å². The zero-order chi connectivity index (χ0) is 14.5. The van der Waals surface area contributed by atoms with Crippen LogP contribution in [0.25, 0.3) is 6.08 Å². The van der Waals surface area contributed by atoms with Crippen molar-refractivity contribution in [1.29, 1.82) is 0 Å². The van der Waals surface area contributed by atoms with Gasteiger partial charge in [-0.2, -0.15) is 0 Å². The first-order valence-corrected chi connectivity index (χ1v) is 6.91. The van der Waals surface area contributed by atoms with Gasteiger partial charge in [-0.3, -0.25) is 9.59 Å². The minimum absolute atomic E-state index is 0.595. The Hall–Kier alpha value is -1.81. The number of amides is 2. The van der Waals surface area contributed by atoms with Crippen LogP contribution in [0.1, 0.15) is 24.0 Å². The van der Waals surface area contributed by atoms with E-state index in [9.17, 15) is 9.59 Å². The van der Waals surface area contributed by atoms with Crippen LogP contribution in [0.4, 0.5) is 5.69 Å². The van der Waals surface area contributed by atoms with Crippen LogP contribution in [0.2, 0.25) is 5.02 Å². The molecular formula is C15H17ClN2O2. The van der Waals surface area contributed by atoms with Crippen molar-refractivity contribution in [2.24, 2.45) is 0 Å². The zero-order valence-electron chi connectivity index (χ0n) is 11.4. The quantitative estimate of drug-likeness (QED) is 0.868. The van der Waals surface area contributed by atoms with Crippen molar-refractivity contribution in [3.8, 4) is 0 Å². The van der Waals surface area contributed by atoms with Crippen LogP contribution >= 0.6 is 11.6 Å². The summed E-state index contributed by atoms with van der Waals surface area (Å²) in [5.74, 6) is 0. The molecule has 1 heterocycles. The van der Waals surface area contributed by atoms with Crippen LogP contribution in [0, 0.1) is 6.92 Å². The van der Waals surface area contributed by atoms with Crippen LogP contribution in [0.15, 0.2) is 17.7 Å². The molecule has 1 aliphatic rings. The highest BCUT2D eigenvalue weighted by atomic mass is 35.5. The molecule has 2 rings (SSSR count). The molecule has 0 bridgehead atoms. The predicted molar refractivity (Wildman–Crippen MR) is 80.7 cm³/mol. The Morgan fingerprint density at radius 1 is 1.25 bits per heavy atom. The van der Waals surface area contributed by atoms with E-state index in [1.807, 2.05) is 13.0 Å². The maximum absolute atomic E-state index is 10.7. The van der Waals surface area contributed by atoms with E-state index in [1.54, 1.807) is 11.0 Å². The Bertz CT molecular complexity index is 545. The number of piperidine rings is 1. The summed E-state index contributed by atoms with van der Waals surface area (Å²) in [5.41, 5.74) is 4.03. The number of anilines is 1. The summed E-state index contributed by atoms with van der Waals surface area (Å²) in [6.45, 7) is 3.47. The second-order valence-corrected chi connectivity index (χ2v) is 5.31. The van der Waals surface area contributed by atoms with Gasteiger partial charge in [0.15, 0.2) is 0 Å². The van der Waals surface area contributed by atoms with Crippen LogP contribution in [0.3, 0.4) is 0 Å². The van der Waals surface area contributed by atoms with E-state index in [-0.39, 0.29) is 0 Å². The molecule has 0 aromatic heterocycles. The number of benzene rings is 1. The van der Waals surface area contributed by atoms with E-state index in [4.69, 9.17) is 11.6 Å². The van der Waals surface area contributed by atoms with Crippen molar-refractivity contribution in [1.82, 2.24) is 4.90 Å². The minimum Gasteiger partial charge on any atom is -0.345 e. The molecule has 0 unspecified atom stereocenters. The minimum atomic E-state index is 0.595. The molecule has 1 fully saturated rings. The summed E-state index contributed by atoms with van der Waals surface area (Å²) in [4.78, 5) is 23.1. The Labute approximate surface area is 123 Å². The highest BCUT2D eigenvalue weighted by Gasteiger charge is 2.13. The number of hydrogen-bond donors (Lipinski definition) is 1. The number of carbonyl (C=O) groups is 2. The lowest BCUT2D eigenvalue weighted by Crippen LogP contribution is -2.29. The highest BCUT2D eigenvalue weighted by molar-refractivity contribution is 6.31. The smallest absolute Gasteiger partial charge is 0.211 e. The maximum Gasteiger partial charge on any atom is 0.211 e. The normalized spacial score (nSPS) is 14.9. The average Bonchev–Trinajstić information content (AvgIpc) is 2.45. The number of carbonyl (C=O) groups excluding carboxylic acids is 2. The summed E-state index contributed by atoms with van der Waals surface area (Å²) in [5, 5.41) is 3.26. The van der Waals surface area contributed by atoms with Crippen LogP contribution in [0.5, 0.6) is 0 Å². The van der Waals surface area contributed by atoms with Gasteiger partial charge in [-0.05, 0) is 43.0 Å². The van der Waals surface area contributed by atoms with E-state index in [0.717, 1.165) is 49.2 Å². The fraction of sp³-hybridized carbons (Fsp3) is 0.333. The number of rotatable bonds is 4. The first-order valence-electron chi connectivity index (χ1n) is 6.53. The Balaban J connectivity index is 2.24. The molecule has 4 nitrogen and oxygen atoms in total. The largest absolute Gasteiger partial charge is 0.345 e. The van der Waals surface area contributed by atoms with E-state index >= 15 is 0 Å². The fourth-order valence-corrected chi connectivity index (χ4v) is 2.57. The third-order valence-electron chi connectivity index (χ3n) is 3.58. The van der Waals surface area contributed by atoms with Gasteiger partial charge < -0.3 is 10.2 Å². The Morgan fingerprint density at radius 2 is 1.95 bits per heavy atom. The van der Waals surface area contributed by atoms with Crippen molar-refractivity contribution < 1.29 is 9.59 Å². The van der Waals surface area contributed by atoms with E-state index < -0.39 is 0 Å². The fourth-order valence-electron chi connectivity index (χ4n) is 2.34. The van der Waals surface area contributed by atoms with Crippen molar-refractivity contribution in [2.75, 3.05) is 18.4 Å². The lowest BCUT2D eigenvalue weighted by Gasteiger charge is -2.24. The first kappa shape index (κ1) is 14.6. The van der Waals surface area contributed by atoms with Crippen molar-refractivity contribution >= 4 is 36.2 Å². The molecule has 0 spiro atoms. The number of hydrogen-bond acceptors (Lipinski definition) is 2. The zero-order valence-corrected chi connectivity index (χ0v) is 12.1.